The molecule has 1 aliphatic heterocycles. The third kappa shape index (κ3) is 5.37. The van der Waals surface area contributed by atoms with E-state index in [0.717, 1.165) is 81.2 Å². The predicted molar refractivity (Wildman–Crippen MR) is 171 cm³/mol. The molecule has 0 atom stereocenters. The van der Waals surface area contributed by atoms with Crippen LogP contribution in [0, 0.1) is 0 Å². The van der Waals surface area contributed by atoms with E-state index >= 15 is 0 Å². The molecule has 2 aliphatic rings. The Hall–Kier alpha value is -4.14. The van der Waals surface area contributed by atoms with Crippen molar-refractivity contribution in [3.63, 3.8) is 0 Å². The zero-order valence-corrected chi connectivity index (χ0v) is 25.3. The Labute approximate surface area is 257 Å². The minimum Gasteiger partial charge on any atom is -0.493 e. The van der Waals surface area contributed by atoms with Gasteiger partial charge in [0.15, 0.2) is 0 Å². The number of ether oxygens (including phenoxy) is 3. The topological polar surface area (TPSA) is 87.7 Å². The van der Waals surface area contributed by atoms with Crippen LogP contribution in [0.5, 0.6) is 5.75 Å². The molecule has 7 rings (SSSR count). The van der Waals surface area contributed by atoms with E-state index in [0.29, 0.717) is 64.0 Å². The second kappa shape index (κ2) is 12.5. The van der Waals surface area contributed by atoms with Crippen LogP contribution in [0.3, 0.4) is 0 Å². The summed E-state index contributed by atoms with van der Waals surface area (Å²) >= 11 is 0. The molecule has 0 saturated heterocycles. The molecular formula is C36H39N3O5. The van der Waals surface area contributed by atoms with Gasteiger partial charge in [0.2, 0.25) is 0 Å². The van der Waals surface area contributed by atoms with Gasteiger partial charge in [0.1, 0.15) is 11.4 Å². The summed E-state index contributed by atoms with van der Waals surface area (Å²) in [6.07, 6.45) is 5.24. The van der Waals surface area contributed by atoms with E-state index in [-0.39, 0.29) is 0 Å². The maximum Gasteiger partial charge on any atom is 0.352 e. The second-order valence-electron chi connectivity index (χ2n) is 11.9. The highest BCUT2D eigenvalue weighted by molar-refractivity contribution is 6.04. The van der Waals surface area contributed by atoms with Crippen molar-refractivity contribution in [2.45, 2.75) is 64.1 Å². The minimum atomic E-state index is -0.887. The first kappa shape index (κ1) is 28.6. The third-order valence-corrected chi connectivity index (χ3v) is 8.95. The molecule has 8 nitrogen and oxygen atoms in total. The molecule has 5 aromatic rings. The molecule has 1 saturated carbocycles. The number of benzene rings is 3. The number of hydrogen-bond acceptors (Lipinski definition) is 5. The van der Waals surface area contributed by atoms with Crippen molar-refractivity contribution in [2.75, 3.05) is 26.9 Å². The van der Waals surface area contributed by atoms with Crippen molar-refractivity contribution in [3.05, 3.63) is 83.3 Å². The molecule has 8 heteroatoms. The smallest absolute Gasteiger partial charge is 0.352 e. The van der Waals surface area contributed by atoms with Crippen molar-refractivity contribution >= 4 is 27.6 Å². The monoisotopic (exact) mass is 593 g/mol. The van der Waals surface area contributed by atoms with Crippen LogP contribution in [0.2, 0.25) is 0 Å². The Kier molecular flexibility index (Phi) is 8.11. The van der Waals surface area contributed by atoms with Gasteiger partial charge >= 0.3 is 5.97 Å². The molecule has 3 aromatic carbocycles. The van der Waals surface area contributed by atoms with E-state index in [1.165, 1.54) is 0 Å². The van der Waals surface area contributed by atoms with Gasteiger partial charge in [-0.05, 0) is 55.5 Å². The Morgan fingerprint density at radius 2 is 1.84 bits per heavy atom. The van der Waals surface area contributed by atoms with Gasteiger partial charge in [-0.25, -0.2) is 4.79 Å². The van der Waals surface area contributed by atoms with Gasteiger partial charge in [-0.1, -0.05) is 54.6 Å². The lowest BCUT2D eigenvalue weighted by molar-refractivity contribution is 0.0683. The third-order valence-electron chi connectivity index (χ3n) is 8.95. The molecule has 228 valence electrons. The van der Waals surface area contributed by atoms with Gasteiger partial charge < -0.3 is 23.9 Å². The minimum absolute atomic E-state index is 0.388. The normalized spacial score (nSPS) is 15.3. The highest BCUT2D eigenvalue weighted by atomic mass is 16.5. The predicted octanol–water partition coefficient (Wildman–Crippen LogP) is 7.20. The number of aryl methyl sites for hydroxylation is 2. The fourth-order valence-electron chi connectivity index (χ4n) is 6.76. The zero-order chi connectivity index (χ0) is 30.0. The molecule has 0 amide bonds. The summed E-state index contributed by atoms with van der Waals surface area (Å²) in [5, 5.41) is 19.0. The summed E-state index contributed by atoms with van der Waals surface area (Å²) in [6.45, 7) is 3.42. The van der Waals surface area contributed by atoms with E-state index in [4.69, 9.17) is 19.3 Å². The van der Waals surface area contributed by atoms with Gasteiger partial charge in [0, 0.05) is 48.1 Å². The van der Waals surface area contributed by atoms with Crippen LogP contribution >= 0.6 is 0 Å². The fraction of sp³-hybridized carbons (Fsp3) is 0.389. The van der Waals surface area contributed by atoms with Gasteiger partial charge in [-0.3, -0.25) is 4.68 Å². The lowest BCUT2D eigenvalue weighted by Gasteiger charge is -2.13. The number of rotatable bonds is 10. The number of aromatic nitrogens is 3. The molecule has 2 aromatic heterocycles. The van der Waals surface area contributed by atoms with Crippen molar-refractivity contribution in [1.82, 2.24) is 14.3 Å². The standard InChI is InChI=1S/C36H39N3O5/c1-42-22-19-39-30-23-43-20-5-4-18-38-34-27(12-7-13-29(34)32(30)33(37-39)25-16-17-25)28(35(38)36(40)41)14-8-21-44-31-15-6-10-24-9-2-3-11-26(24)31/h2-3,6-7,9-13,15,25H,4-5,8,14,16-23H2,1H3,(H,40,41). The number of aromatic carboxylic acids is 1. The van der Waals surface area contributed by atoms with E-state index in [9.17, 15) is 9.90 Å². The molecule has 1 aliphatic carbocycles. The first-order valence-electron chi connectivity index (χ1n) is 15.8. The van der Waals surface area contributed by atoms with Crippen LogP contribution in [-0.4, -0.2) is 52.4 Å². The molecule has 44 heavy (non-hydrogen) atoms. The highest BCUT2D eigenvalue weighted by Gasteiger charge is 2.34. The average Bonchev–Trinajstić information content (AvgIpc) is 3.75. The van der Waals surface area contributed by atoms with Crippen LogP contribution in [0.1, 0.15) is 65.5 Å². The number of carbonyl (C=O) groups is 1. The molecule has 0 bridgehead atoms. The average molecular weight is 594 g/mol. The van der Waals surface area contributed by atoms with Crippen LogP contribution in [-0.2, 0) is 35.6 Å². The summed E-state index contributed by atoms with van der Waals surface area (Å²) in [6, 6.07) is 20.6. The van der Waals surface area contributed by atoms with Crippen molar-refractivity contribution < 1.29 is 24.1 Å². The molecule has 3 heterocycles. The number of para-hydroxylation sites is 1. The van der Waals surface area contributed by atoms with Crippen molar-refractivity contribution in [3.8, 4) is 16.9 Å². The molecular weight excluding hydrogens is 554 g/mol. The summed E-state index contributed by atoms with van der Waals surface area (Å²) in [5.41, 5.74) is 6.57. The number of carboxylic acids is 1. The van der Waals surface area contributed by atoms with Crippen LogP contribution in [0.15, 0.2) is 60.7 Å². The largest absolute Gasteiger partial charge is 0.493 e. The number of fused-ring (bicyclic) bond motifs is 3. The Morgan fingerprint density at radius 3 is 2.68 bits per heavy atom. The first-order valence-corrected chi connectivity index (χ1v) is 15.8. The fourth-order valence-corrected chi connectivity index (χ4v) is 6.76. The van der Waals surface area contributed by atoms with Crippen LogP contribution in [0.25, 0.3) is 32.8 Å². The number of hydrogen-bond donors (Lipinski definition) is 1. The molecule has 1 N–H and O–H groups in total. The SMILES string of the molecule is COCCn1nc(C2CC2)c2c1COCCCCn1c(C(=O)O)c(CCCOc3cccc4ccccc34)c3cccc-2c31. The maximum absolute atomic E-state index is 13.0. The number of methoxy groups -OCH3 is 1. The van der Waals surface area contributed by atoms with E-state index in [2.05, 4.69) is 45.6 Å². The van der Waals surface area contributed by atoms with E-state index in [1.54, 1.807) is 7.11 Å². The first-order chi connectivity index (χ1) is 21.7. The van der Waals surface area contributed by atoms with Crippen molar-refractivity contribution in [1.29, 1.82) is 0 Å². The lowest BCUT2D eigenvalue weighted by Crippen LogP contribution is -2.12. The molecule has 0 unspecified atom stereocenters. The Morgan fingerprint density at radius 1 is 1.02 bits per heavy atom. The highest BCUT2D eigenvalue weighted by Crippen LogP contribution is 2.47. The van der Waals surface area contributed by atoms with Gasteiger partial charge in [-0.15, -0.1) is 0 Å². The summed E-state index contributed by atoms with van der Waals surface area (Å²) in [5.74, 6) is 0.385. The zero-order valence-electron chi connectivity index (χ0n) is 25.3. The van der Waals surface area contributed by atoms with E-state index < -0.39 is 5.97 Å². The van der Waals surface area contributed by atoms with Gasteiger partial charge in [0.05, 0.1) is 43.3 Å². The van der Waals surface area contributed by atoms with Crippen molar-refractivity contribution in [2.24, 2.45) is 0 Å². The molecule has 0 spiro atoms. The quantitative estimate of drug-likeness (QED) is 0.172. The summed E-state index contributed by atoms with van der Waals surface area (Å²) in [4.78, 5) is 13.0. The second-order valence-corrected chi connectivity index (χ2v) is 11.9. The Balaban J connectivity index is 1.30. The lowest BCUT2D eigenvalue weighted by atomic mass is 9.96. The molecule has 1 fully saturated rings. The van der Waals surface area contributed by atoms with Crippen LogP contribution < -0.4 is 4.74 Å². The summed E-state index contributed by atoms with van der Waals surface area (Å²) in [7, 11) is 1.71. The Bertz CT molecular complexity index is 1810. The number of nitrogens with zero attached hydrogens (tertiary/aromatic N) is 3. The molecule has 0 radical (unpaired) electrons. The maximum atomic E-state index is 13.0. The van der Waals surface area contributed by atoms with Gasteiger partial charge in [0.25, 0.3) is 0 Å². The van der Waals surface area contributed by atoms with Crippen LogP contribution in [0.4, 0.5) is 0 Å². The van der Waals surface area contributed by atoms with Gasteiger partial charge in [-0.2, -0.15) is 5.10 Å². The number of carboxylic acid groups (broad SMARTS) is 1. The summed E-state index contributed by atoms with van der Waals surface area (Å²) < 4.78 is 22.0. The van der Waals surface area contributed by atoms with E-state index in [1.807, 2.05) is 24.3 Å².